The average Bonchev–Trinajstić information content (AvgIpc) is 2.57. The van der Waals surface area contributed by atoms with Crippen LogP contribution in [-0.4, -0.2) is 35.8 Å². The van der Waals surface area contributed by atoms with Crippen molar-refractivity contribution >= 4 is 45.2 Å². The number of hydrogen-bond acceptors (Lipinski definition) is 4. The lowest BCUT2D eigenvalue weighted by Crippen LogP contribution is -2.43. The van der Waals surface area contributed by atoms with Crippen LogP contribution in [0.4, 0.5) is 5.69 Å². The van der Waals surface area contributed by atoms with Crippen LogP contribution in [-0.2, 0) is 9.59 Å². The Morgan fingerprint density at radius 2 is 1.58 bits per heavy atom. The molecule has 0 aromatic heterocycles. The lowest BCUT2D eigenvalue weighted by atomic mass is 10.3. The molecule has 5 nitrogen and oxygen atoms in total. The van der Waals surface area contributed by atoms with Crippen LogP contribution in [0.15, 0.2) is 62.8 Å². The topological polar surface area (TPSA) is 75.4 Å². The van der Waals surface area contributed by atoms with E-state index in [9.17, 15) is 9.59 Å². The van der Waals surface area contributed by atoms with Crippen LogP contribution < -0.4 is 11.1 Å². The van der Waals surface area contributed by atoms with Gasteiger partial charge >= 0.3 is 0 Å². The highest BCUT2D eigenvalue weighted by atomic mass is 79.9. The minimum atomic E-state index is -0.444. The molecule has 0 radical (unpaired) electrons. The Labute approximate surface area is 166 Å². The Hall–Kier alpha value is -1.83. The third-order valence-corrected chi connectivity index (χ3v) is 5.17. The second kappa shape index (κ2) is 9.75. The van der Waals surface area contributed by atoms with E-state index in [0.717, 1.165) is 20.0 Å². The van der Waals surface area contributed by atoms with Crippen LogP contribution in [0, 0.1) is 0 Å². The molecule has 0 heterocycles. The molecule has 0 aliphatic heterocycles. The lowest BCUT2D eigenvalue weighted by molar-refractivity contribution is -0.121. The van der Waals surface area contributed by atoms with Crippen molar-refractivity contribution in [3.8, 4) is 0 Å². The normalized spacial score (nSPS) is 11.0. The summed E-state index contributed by atoms with van der Waals surface area (Å²) >= 11 is 5.08. The van der Waals surface area contributed by atoms with Gasteiger partial charge < -0.3 is 11.1 Å². The molecule has 0 unspecified atom stereocenters. The molecule has 0 aliphatic rings. The van der Waals surface area contributed by atoms with Crippen molar-refractivity contribution in [3.63, 3.8) is 0 Å². The second-order valence-electron chi connectivity index (χ2n) is 6.09. The molecule has 7 heteroatoms. The number of carbonyl (C=O) groups is 2. The minimum Gasteiger partial charge on any atom is -0.369 e. The summed E-state index contributed by atoms with van der Waals surface area (Å²) in [6.45, 7) is 4.03. The Balaban J connectivity index is 1.92. The van der Waals surface area contributed by atoms with E-state index in [0.29, 0.717) is 0 Å². The summed E-state index contributed by atoms with van der Waals surface area (Å²) in [5.74, 6) is -0.617. The first-order valence-electron chi connectivity index (χ1n) is 8.19. The maximum Gasteiger partial charge on any atom is 0.238 e. The number of rotatable bonds is 8. The minimum absolute atomic E-state index is 0.0536. The summed E-state index contributed by atoms with van der Waals surface area (Å²) in [7, 11) is 0. The number of nitrogens with one attached hydrogen (secondary N) is 1. The van der Waals surface area contributed by atoms with Gasteiger partial charge in [-0.15, -0.1) is 0 Å². The lowest BCUT2D eigenvalue weighted by Gasteiger charge is -2.24. The van der Waals surface area contributed by atoms with E-state index in [1.807, 2.05) is 62.4 Å². The van der Waals surface area contributed by atoms with Gasteiger partial charge in [0.2, 0.25) is 11.8 Å². The van der Waals surface area contributed by atoms with Crippen LogP contribution in [0.25, 0.3) is 0 Å². The summed E-state index contributed by atoms with van der Waals surface area (Å²) in [5, 5.41) is 2.85. The molecule has 0 saturated heterocycles. The van der Waals surface area contributed by atoms with E-state index in [-0.39, 0.29) is 25.0 Å². The molecule has 0 fully saturated rings. The second-order valence-corrected chi connectivity index (χ2v) is 8.16. The van der Waals surface area contributed by atoms with Crippen LogP contribution in [0.3, 0.4) is 0 Å². The van der Waals surface area contributed by atoms with Crippen LogP contribution in [0.5, 0.6) is 0 Å². The van der Waals surface area contributed by atoms with Gasteiger partial charge in [-0.2, -0.15) is 0 Å². The summed E-state index contributed by atoms with van der Waals surface area (Å²) in [6.07, 6.45) is 0. The standard InChI is InChI=1S/C19H22BrN3O2S/c1-13(2)23(11-18(21)24)12-19(25)22-15-5-9-17(10-6-15)26-16-7-3-14(20)4-8-16/h3-10,13H,11-12H2,1-2H3,(H2,21,24)(H,22,25). The molecular weight excluding hydrogens is 414 g/mol. The molecule has 138 valence electrons. The molecule has 0 aliphatic carbocycles. The Morgan fingerprint density at radius 3 is 2.08 bits per heavy atom. The number of amides is 2. The number of nitrogens with zero attached hydrogens (tertiary/aromatic N) is 1. The van der Waals surface area contributed by atoms with Gasteiger partial charge in [-0.25, -0.2) is 0 Å². The highest BCUT2D eigenvalue weighted by Crippen LogP contribution is 2.29. The monoisotopic (exact) mass is 435 g/mol. The van der Waals surface area contributed by atoms with Gasteiger partial charge in [0.1, 0.15) is 0 Å². The van der Waals surface area contributed by atoms with Gasteiger partial charge in [0.15, 0.2) is 0 Å². The number of benzene rings is 2. The van der Waals surface area contributed by atoms with Crippen LogP contribution >= 0.6 is 27.7 Å². The first kappa shape index (κ1) is 20.5. The fourth-order valence-electron chi connectivity index (χ4n) is 2.25. The molecule has 0 atom stereocenters. The zero-order valence-corrected chi connectivity index (χ0v) is 17.1. The van der Waals surface area contributed by atoms with Gasteiger partial charge in [0.05, 0.1) is 13.1 Å². The van der Waals surface area contributed by atoms with Crippen molar-refractivity contribution in [1.82, 2.24) is 4.90 Å². The molecule has 0 bridgehead atoms. The number of hydrogen-bond donors (Lipinski definition) is 2. The van der Waals surface area contributed by atoms with E-state index in [4.69, 9.17) is 5.73 Å². The van der Waals surface area contributed by atoms with E-state index >= 15 is 0 Å². The number of halogens is 1. The summed E-state index contributed by atoms with van der Waals surface area (Å²) < 4.78 is 1.05. The zero-order valence-electron chi connectivity index (χ0n) is 14.7. The molecule has 2 rings (SSSR count). The van der Waals surface area contributed by atoms with E-state index in [2.05, 4.69) is 21.2 Å². The van der Waals surface area contributed by atoms with Crippen LogP contribution in [0.2, 0.25) is 0 Å². The van der Waals surface area contributed by atoms with E-state index in [1.54, 1.807) is 16.7 Å². The highest BCUT2D eigenvalue weighted by molar-refractivity contribution is 9.10. The predicted molar refractivity (Wildman–Crippen MR) is 109 cm³/mol. The van der Waals surface area contributed by atoms with Crippen molar-refractivity contribution in [2.24, 2.45) is 5.73 Å². The van der Waals surface area contributed by atoms with Gasteiger partial charge in [0, 0.05) is 26.0 Å². The van der Waals surface area contributed by atoms with Crippen molar-refractivity contribution in [2.75, 3.05) is 18.4 Å². The first-order valence-corrected chi connectivity index (χ1v) is 9.80. The van der Waals surface area contributed by atoms with E-state index < -0.39 is 5.91 Å². The number of primary amides is 1. The zero-order chi connectivity index (χ0) is 19.1. The maximum atomic E-state index is 12.2. The molecule has 0 saturated carbocycles. The summed E-state index contributed by atoms with van der Waals surface area (Å²) in [6, 6.07) is 15.8. The van der Waals surface area contributed by atoms with E-state index in [1.165, 1.54) is 0 Å². The Kier molecular flexibility index (Phi) is 7.68. The predicted octanol–water partition coefficient (Wildman–Crippen LogP) is 3.73. The van der Waals surface area contributed by atoms with Gasteiger partial charge in [-0.3, -0.25) is 14.5 Å². The highest BCUT2D eigenvalue weighted by Gasteiger charge is 2.16. The third-order valence-electron chi connectivity index (χ3n) is 3.62. The Morgan fingerprint density at radius 1 is 1.04 bits per heavy atom. The third kappa shape index (κ3) is 6.82. The average molecular weight is 436 g/mol. The molecular formula is C19H22BrN3O2S. The van der Waals surface area contributed by atoms with Gasteiger partial charge in [0.25, 0.3) is 0 Å². The maximum absolute atomic E-state index is 12.2. The molecule has 26 heavy (non-hydrogen) atoms. The SMILES string of the molecule is CC(C)N(CC(N)=O)CC(=O)Nc1ccc(Sc2ccc(Br)cc2)cc1. The smallest absolute Gasteiger partial charge is 0.238 e. The molecule has 2 amide bonds. The summed E-state index contributed by atoms with van der Waals surface area (Å²) in [4.78, 5) is 27.3. The van der Waals surface area contributed by atoms with Crippen LogP contribution in [0.1, 0.15) is 13.8 Å². The number of anilines is 1. The quantitative estimate of drug-likeness (QED) is 0.661. The number of nitrogens with two attached hydrogens (primary N) is 1. The fourth-order valence-corrected chi connectivity index (χ4v) is 3.33. The largest absolute Gasteiger partial charge is 0.369 e. The fraction of sp³-hybridized carbons (Fsp3) is 0.263. The molecule has 3 N–H and O–H groups in total. The molecule has 0 spiro atoms. The van der Waals surface area contributed by atoms with Crippen molar-refractivity contribution in [2.45, 2.75) is 29.7 Å². The Bertz CT molecular complexity index is 748. The van der Waals surface area contributed by atoms with Crippen molar-refractivity contribution < 1.29 is 9.59 Å². The van der Waals surface area contributed by atoms with Crippen molar-refractivity contribution in [1.29, 1.82) is 0 Å². The number of carbonyl (C=O) groups excluding carboxylic acids is 2. The van der Waals surface area contributed by atoms with Gasteiger partial charge in [-0.05, 0) is 62.4 Å². The van der Waals surface area contributed by atoms with Gasteiger partial charge in [-0.1, -0.05) is 27.7 Å². The first-order chi connectivity index (χ1) is 12.3. The van der Waals surface area contributed by atoms with Crippen molar-refractivity contribution in [3.05, 3.63) is 53.0 Å². The summed E-state index contributed by atoms with van der Waals surface area (Å²) in [5.41, 5.74) is 5.95. The molecule has 2 aromatic carbocycles. The molecule has 2 aromatic rings.